The van der Waals surface area contributed by atoms with Crippen molar-refractivity contribution in [2.75, 3.05) is 17.3 Å². The van der Waals surface area contributed by atoms with Crippen LogP contribution < -0.4 is 0 Å². The molecule has 1 atom stereocenters. The standard InChI is InChI=1S/C8H15ClO2S2/c9-13(10,11)7-4-8-2-1-5-12-6-3-8/h8H,1-7H2. The van der Waals surface area contributed by atoms with Crippen molar-refractivity contribution in [2.24, 2.45) is 5.92 Å². The van der Waals surface area contributed by atoms with Crippen molar-refractivity contribution in [3.8, 4) is 0 Å². The lowest BCUT2D eigenvalue weighted by Crippen LogP contribution is -2.07. The van der Waals surface area contributed by atoms with Crippen molar-refractivity contribution >= 4 is 31.5 Å². The summed E-state index contributed by atoms with van der Waals surface area (Å²) in [6.45, 7) is 0. The molecule has 13 heavy (non-hydrogen) atoms. The number of hydrogen-bond donors (Lipinski definition) is 0. The first-order valence-electron chi connectivity index (χ1n) is 4.58. The van der Waals surface area contributed by atoms with Gasteiger partial charge in [-0.2, -0.15) is 11.8 Å². The van der Waals surface area contributed by atoms with Gasteiger partial charge in [-0.25, -0.2) is 8.42 Å². The smallest absolute Gasteiger partial charge is 0.212 e. The van der Waals surface area contributed by atoms with Gasteiger partial charge in [-0.3, -0.25) is 0 Å². The molecule has 1 aliphatic heterocycles. The third-order valence-corrected chi connectivity index (χ3v) is 4.63. The van der Waals surface area contributed by atoms with Crippen molar-refractivity contribution in [1.82, 2.24) is 0 Å². The van der Waals surface area contributed by atoms with Crippen LogP contribution in [-0.2, 0) is 9.05 Å². The zero-order chi connectivity index (χ0) is 9.73. The molecule has 1 saturated heterocycles. The van der Waals surface area contributed by atoms with Crippen molar-refractivity contribution in [1.29, 1.82) is 0 Å². The van der Waals surface area contributed by atoms with E-state index in [9.17, 15) is 8.42 Å². The van der Waals surface area contributed by atoms with Crippen molar-refractivity contribution < 1.29 is 8.42 Å². The van der Waals surface area contributed by atoms with Crippen LogP contribution in [-0.4, -0.2) is 25.7 Å². The van der Waals surface area contributed by atoms with Gasteiger partial charge in [-0.1, -0.05) is 0 Å². The van der Waals surface area contributed by atoms with E-state index in [0.29, 0.717) is 5.92 Å². The summed E-state index contributed by atoms with van der Waals surface area (Å²) in [5, 5.41) is 0. The van der Waals surface area contributed by atoms with Gasteiger partial charge in [0.1, 0.15) is 0 Å². The Morgan fingerprint density at radius 3 is 2.77 bits per heavy atom. The molecule has 0 spiro atoms. The van der Waals surface area contributed by atoms with E-state index in [1.54, 1.807) is 0 Å². The molecule has 0 amide bonds. The monoisotopic (exact) mass is 242 g/mol. The maximum absolute atomic E-state index is 10.7. The Kier molecular flexibility index (Phi) is 4.90. The Hall–Kier alpha value is 0.590. The van der Waals surface area contributed by atoms with Crippen LogP contribution in [0.1, 0.15) is 25.7 Å². The van der Waals surface area contributed by atoms with Crippen molar-refractivity contribution in [3.63, 3.8) is 0 Å². The second-order valence-corrected chi connectivity index (χ2v) is 7.56. The van der Waals surface area contributed by atoms with Gasteiger partial charge in [0, 0.05) is 10.7 Å². The molecule has 0 aliphatic carbocycles. The second kappa shape index (κ2) is 5.47. The summed E-state index contributed by atoms with van der Waals surface area (Å²) in [5.74, 6) is 3.12. The minimum Gasteiger partial charge on any atom is -0.212 e. The molecule has 2 nitrogen and oxygen atoms in total. The number of halogens is 1. The number of hydrogen-bond acceptors (Lipinski definition) is 3. The van der Waals surface area contributed by atoms with Crippen LogP contribution in [0.25, 0.3) is 0 Å². The van der Waals surface area contributed by atoms with Crippen LogP contribution in [0.4, 0.5) is 0 Å². The number of thioether (sulfide) groups is 1. The van der Waals surface area contributed by atoms with Gasteiger partial charge in [0.05, 0.1) is 5.75 Å². The van der Waals surface area contributed by atoms with Crippen molar-refractivity contribution in [3.05, 3.63) is 0 Å². The van der Waals surface area contributed by atoms with E-state index in [4.69, 9.17) is 10.7 Å². The van der Waals surface area contributed by atoms with E-state index in [2.05, 4.69) is 0 Å². The molecule has 1 aliphatic rings. The Morgan fingerprint density at radius 1 is 1.31 bits per heavy atom. The molecule has 5 heteroatoms. The lowest BCUT2D eigenvalue weighted by atomic mass is 9.98. The molecular weight excluding hydrogens is 228 g/mol. The summed E-state index contributed by atoms with van der Waals surface area (Å²) in [4.78, 5) is 0. The lowest BCUT2D eigenvalue weighted by Gasteiger charge is -2.11. The van der Waals surface area contributed by atoms with Gasteiger partial charge in [-0.05, 0) is 43.1 Å². The summed E-state index contributed by atoms with van der Waals surface area (Å²) in [6.07, 6.45) is 4.28. The molecule has 78 valence electrons. The zero-order valence-corrected chi connectivity index (χ0v) is 9.93. The predicted molar refractivity (Wildman–Crippen MR) is 58.9 cm³/mol. The number of rotatable bonds is 3. The van der Waals surface area contributed by atoms with E-state index in [1.165, 1.54) is 24.3 Å². The molecule has 0 aromatic heterocycles. The first-order chi connectivity index (χ1) is 6.08. The zero-order valence-electron chi connectivity index (χ0n) is 7.54. The van der Waals surface area contributed by atoms with E-state index >= 15 is 0 Å². The van der Waals surface area contributed by atoms with Gasteiger partial charge in [0.2, 0.25) is 9.05 Å². The highest BCUT2D eigenvalue weighted by molar-refractivity contribution is 8.13. The van der Waals surface area contributed by atoms with E-state index in [-0.39, 0.29) is 5.75 Å². The molecule has 0 N–H and O–H groups in total. The molecule has 1 fully saturated rings. The minimum atomic E-state index is -3.27. The predicted octanol–water partition coefficient (Wildman–Crippen LogP) is 2.48. The summed E-state index contributed by atoms with van der Waals surface area (Å²) in [6, 6.07) is 0. The summed E-state index contributed by atoms with van der Waals surface area (Å²) in [5.41, 5.74) is 0. The molecule has 1 rings (SSSR count). The van der Waals surface area contributed by atoms with Gasteiger partial charge >= 0.3 is 0 Å². The topological polar surface area (TPSA) is 34.1 Å². The molecule has 1 heterocycles. The molecule has 1 unspecified atom stereocenters. The van der Waals surface area contributed by atoms with Crippen LogP contribution in [0.2, 0.25) is 0 Å². The van der Waals surface area contributed by atoms with Crippen LogP contribution in [0.5, 0.6) is 0 Å². The Morgan fingerprint density at radius 2 is 2.08 bits per heavy atom. The lowest BCUT2D eigenvalue weighted by molar-refractivity contribution is 0.461. The van der Waals surface area contributed by atoms with E-state index < -0.39 is 9.05 Å². The van der Waals surface area contributed by atoms with Gasteiger partial charge in [0.25, 0.3) is 0 Å². The first-order valence-corrected chi connectivity index (χ1v) is 8.21. The third-order valence-electron chi connectivity index (χ3n) is 2.34. The van der Waals surface area contributed by atoms with Crippen LogP contribution in [0.15, 0.2) is 0 Å². The van der Waals surface area contributed by atoms with E-state index in [0.717, 1.165) is 12.8 Å². The fraction of sp³-hybridized carbons (Fsp3) is 1.00. The van der Waals surface area contributed by atoms with Gasteiger partial charge < -0.3 is 0 Å². The fourth-order valence-corrected chi connectivity index (χ4v) is 3.52. The quantitative estimate of drug-likeness (QED) is 0.713. The second-order valence-electron chi connectivity index (χ2n) is 3.44. The highest BCUT2D eigenvalue weighted by atomic mass is 35.7. The van der Waals surface area contributed by atoms with Gasteiger partial charge in [0.15, 0.2) is 0 Å². The highest BCUT2D eigenvalue weighted by Gasteiger charge is 2.15. The molecule has 0 aromatic carbocycles. The summed E-state index contributed by atoms with van der Waals surface area (Å²) >= 11 is 1.97. The first kappa shape index (κ1) is 11.7. The molecule has 0 radical (unpaired) electrons. The molecular formula is C8H15ClO2S2. The van der Waals surface area contributed by atoms with Crippen LogP contribution in [0, 0.1) is 5.92 Å². The molecule has 0 aromatic rings. The minimum absolute atomic E-state index is 0.143. The average molecular weight is 243 g/mol. The maximum Gasteiger partial charge on any atom is 0.232 e. The summed E-state index contributed by atoms with van der Waals surface area (Å²) in [7, 11) is 1.89. The fourth-order valence-electron chi connectivity index (χ4n) is 1.57. The molecule has 0 bridgehead atoms. The van der Waals surface area contributed by atoms with E-state index in [1.807, 2.05) is 11.8 Å². The summed E-state index contributed by atoms with van der Waals surface area (Å²) < 4.78 is 21.4. The Bertz CT molecular complexity index is 231. The largest absolute Gasteiger partial charge is 0.232 e. The normalized spacial score (nSPS) is 25.5. The SMILES string of the molecule is O=S(=O)(Cl)CCC1CCCSCC1. The van der Waals surface area contributed by atoms with Crippen LogP contribution in [0.3, 0.4) is 0 Å². The van der Waals surface area contributed by atoms with Crippen molar-refractivity contribution in [2.45, 2.75) is 25.7 Å². The van der Waals surface area contributed by atoms with Crippen LogP contribution >= 0.6 is 22.4 Å². The highest BCUT2D eigenvalue weighted by Crippen LogP contribution is 2.25. The Balaban J connectivity index is 2.27. The average Bonchev–Trinajstić information content (AvgIpc) is 2.26. The Labute approximate surface area is 88.8 Å². The maximum atomic E-state index is 10.7. The van der Waals surface area contributed by atoms with Gasteiger partial charge in [-0.15, -0.1) is 0 Å². The molecule has 0 saturated carbocycles. The third kappa shape index (κ3) is 5.81.